The van der Waals surface area contributed by atoms with Gasteiger partial charge in [-0.2, -0.15) is 4.31 Å². The third-order valence-electron chi connectivity index (χ3n) is 6.15. The SMILES string of the molecule is COCCCn1nnc2cc(S(=O)(=O)N3CCCCC3C(=O)NCc3ccc(C)cc3)ccc21. The van der Waals surface area contributed by atoms with E-state index in [9.17, 15) is 13.2 Å². The van der Waals surface area contributed by atoms with Gasteiger partial charge in [-0.1, -0.05) is 41.5 Å². The van der Waals surface area contributed by atoms with Crippen molar-refractivity contribution >= 4 is 27.0 Å². The van der Waals surface area contributed by atoms with Crippen LogP contribution in [0.3, 0.4) is 0 Å². The molecule has 1 aliphatic rings. The van der Waals surface area contributed by atoms with Gasteiger partial charge in [-0.05, 0) is 49.9 Å². The smallest absolute Gasteiger partial charge is 0.243 e. The predicted octanol–water partition coefficient (Wildman–Crippen LogP) is 2.64. The summed E-state index contributed by atoms with van der Waals surface area (Å²) >= 11 is 0. The van der Waals surface area contributed by atoms with Crippen molar-refractivity contribution in [1.82, 2.24) is 24.6 Å². The quantitative estimate of drug-likeness (QED) is 0.467. The molecule has 0 bridgehead atoms. The Kier molecular flexibility index (Phi) is 7.60. The molecule has 0 spiro atoms. The number of aryl methyl sites for hydroxylation is 2. The molecule has 2 heterocycles. The number of nitrogens with zero attached hydrogens (tertiary/aromatic N) is 4. The van der Waals surface area contributed by atoms with Crippen LogP contribution in [0.25, 0.3) is 11.0 Å². The van der Waals surface area contributed by atoms with E-state index in [1.54, 1.807) is 30.0 Å². The largest absolute Gasteiger partial charge is 0.385 e. The summed E-state index contributed by atoms with van der Waals surface area (Å²) in [6, 6.07) is 12.0. The van der Waals surface area contributed by atoms with E-state index in [2.05, 4.69) is 15.6 Å². The van der Waals surface area contributed by atoms with Crippen molar-refractivity contribution < 1.29 is 17.9 Å². The zero-order valence-corrected chi connectivity index (χ0v) is 20.4. The van der Waals surface area contributed by atoms with Crippen molar-refractivity contribution in [3.05, 3.63) is 53.6 Å². The number of hydrogen-bond donors (Lipinski definition) is 1. The average molecular weight is 486 g/mol. The number of fused-ring (bicyclic) bond motifs is 1. The number of aromatic nitrogens is 3. The van der Waals surface area contributed by atoms with E-state index in [0.717, 1.165) is 35.9 Å². The monoisotopic (exact) mass is 485 g/mol. The Morgan fingerprint density at radius 3 is 2.74 bits per heavy atom. The van der Waals surface area contributed by atoms with E-state index in [4.69, 9.17) is 4.74 Å². The lowest BCUT2D eigenvalue weighted by atomic mass is 10.0. The van der Waals surface area contributed by atoms with Crippen molar-refractivity contribution in [1.29, 1.82) is 0 Å². The second kappa shape index (κ2) is 10.6. The van der Waals surface area contributed by atoms with E-state index in [0.29, 0.717) is 38.2 Å². The van der Waals surface area contributed by atoms with Crippen LogP contribution in [-0.4, -0.2) is 59.9 Å². The first-order chi connectivity index (χ1) is 16.4. The first-order valence-electron chi connectivity index (χ1n) is 11.6. The number of rotatable bonds is 9. The van der Waals surface area contributed by atoms with E-state index in [1.807, 2.05) is 31.2 Å². The van der Waals surface area contributed by atoms with Gasteiger partial charge in [0.25, 0.3) is 0 Å². The minimum atomic E-state index is -3.87. The summed E-state index contributed by atoms with van der Waals surface area (Å²) in [5.41, 5.74) is 3.40. The summed E-state index contributed by atoms with van der Waals surface area (Å²) in [5, 5.41) is 11.2. The number of carbonyl (C=O) groups is 1. The number of sulfonamides is 1. The van der Waals surface area contributed by atoms with Crippen molar-refractivity contribution in [2.45, 2.75) is 56.6 Å². The molecule has 0 saturated carbocycles. The van der Waals surface area contributed by atoms with Gasteiger partial charge in [0.15, 0.2) is 0 Å². The normalized spacial score (nSPS) is 17.2. The van der Waals surface area contributed by atoms with Gasteiger partial charge >= 0.3 is 0 Å². The molecule has 10 heteroatoms. The zero-order chi connectivity index (χ0) is 24.1. The van der Waals surface area contributed by atoms with Crippen molar-refractivity contribution in [2.24, 2.45) is 0 Å². The lowest BCUT2D eigenvalue weighted by Gasteiger charge is -2.33. The summed E-state index contributed by atoms with van der Waals surface area (Å²) in [7, 11) is -2.23. The Morgan fingerprint density at radius 2 is 1.97 bits per heavy atom. The lowest BCUT2D eigenvalue weighted by Crippen LogP contribution is -2.51. The molecule has 1 N–H and O–H groups in total. The van der Waals surface area contributed by atoms with Gasteiger partial charge < -0.3 is 10.1 Å². The lowest BCUT2D eigenvalue weighted by molar-refractivity contribution is -0.125. The number of methoxy groups -OCH3 is 1. The van der Waals surface area contributed by atoms with Gasteiger partial charge in [-0.25, -0.2) is 13.1 Å². The van der Waals surface area contributed by atoms with Crippen molar-refractivity contribution in [3.63, 3.8) is 0 Å². The number of carbonyl (C=O) groups excluding carboxylic acids is 1. The molecule has 1 saturated heterocycles. The molecule has 1 fully saturated rings. The predicted molar refractivity (Wildman–Crippen MR) is 129 cm³/mol. The van der Waals surface area contributed by atoms with Crippen LogP contribution in [0.5, 0.6) is 0 Å². The third kappa shape index (κ3) is 5.29. The number of hydrogen-bond acceptors (Lipinski definition) is 6. The maximum atomic E-state index is 13.5. The molecule has 182 valence electrons. The van der Waals surface area contributed by atoms with Gasteiger partial charge in [0.2, 0.25) is 15.9 Å². The Morgan fingerprint density at radius 1 is 1.18 bits per heavy atom. The number of nitrogens with one attached hydrogen (secondary N) is 1. The first kappa shape index (κ1) is 24.3. The van der Waals surface area contributed by atoms with Crippen LogP contribution in [0.15, 0.2) is 47.4 Å². The van der Waals surface area contributed by atoms with Gasteiger partial charge in [-0.3, -0.25) is 4.79 Å². The molecular weight excluding hydrogens is 454 g/mol. The highest BCUT2D eigenvalue weighted by Gasteiger charge is 2.37. The molecule has 3 aromatic rings. The summed E-state index contributed by atoms with van der Waals surface area (Å²) in [4.78, 5) is 13.1. The molecule has 1 unspecified atom stereocenters. The topological polar surface area (TPSA) is 106 Å². The van der Waals surface area contributed by atoms with Gasteiger partial charge in [0.1, 0.15) is 11.6 Å². The average Bonchev–Trinajstić information content (AvgIpc) is 3.26. The second-order valence-electron chi connectivity index (χ2n) is 8.64. The number of benzene rings is 2. The molecule has 9 nitrogen and oxygen atoms in total. The number of piperidine rings is 1. The standard InChI is InChI=1S/C24H31N5O4S/c1-18-7-9-19(10-8-18)17-25-24(30)23-6-3-4-14-29(23)34(31,32)20-11-12-22-21(16-20)26-27-28(22)13-5-15-33-2/h7-12,16,23H,3-6,13-15,17H2,1-2H3,(H,25,30). The molecule has 2 aromatic carbocycles. The van der Waals surface area contributed by atoms with Crippen LogP contribution in [0, 0.1) is 6.92 Å². The fourth-order valence-electron chi connectivity index (χ4n) is 4.24. The molecule has 0 radical (unpaired) electrons. The first-order valence-corrected chi connectivity index (χ1v) is 13.0. The summed E-state index contributed by atoms with van der Waals surface area (Å²) < 4.78 is 35.3. The maximum absolute atomic E-state index is 13.5. The Bertz CT molecular complexity index is 1240. The third-order valence-corrected chi connectivity index (χ3v) is 8.06. The van der Waals surface area contributed by atoms with Crippen LogP contribution in [0.1, 0.15) is 36.8 Å². The molecule has 0 aliphatic carbocycles. The highest BCUT2D eigenvalue weighted by Crippen LogP contribution is 2.27. The number of amides is 1. The van der Waals surface area contributed by atoms with Gasteiger partial charge in [0.05, 0.1) is 10.4 Å². The van der Waals surface area contributed by atoms with Crippen LogP contribution in [0.2, 0.25) is 0 Å². The van der Waals surface area contributed by atoms with Gasteiger partial charge in [0, 0.05) is 33.4 Å². The van der Waals surface area contributed by atoms with Crippen LogP contribution < -0.4 is 5.32 Å². The van der Waals surface area contributed by atoms with E-state index >= 15 is 0 Å². The van der Waals surface area contributed by atoms with Gasteiger partial charge in [-0.15, -0.1) is 5.10 Å². The number of ether oxygens (including phenoxy) is 1. The maximum Gasteiger partial charge on any atom is 0.243 e. The Labute approximate surface area is 200 Å². The molecular formula is C24H31N5O4S. The summed E-state index contributed by atoms with van der Waals surface area (Å²) in [5.74, 6) is -0.269. The molecule has 4 rings (SSSR count). The molecule has 1 aliphatic heterocycles. The minimum absolute atomic E-state index is 0.127. The minimum Gasteiger partial charge on any atom is -0.385 e. The zero-order valence-electron chi connectivity index (χ0n) is 19.6. The Hall–Kier alpha value is -2.82. The molecule has 1 atom stereocenters. The molecule has 34 heavy (non-hydrogen) atoms. The van der Waals surface area contributed by atoms with E-state index < -0.39 is 16.1 Å². The highest BCUT2D eigenvalue weighted by atomic mass is 32.2. The van der Waals surface area contributed by atoms with Crippen molar-refractivity contribution in [2.75, 3.05) is 20.3 Å². The summed E-state index contributed by atoms with van der Waals surface area (Å²) in [6.45, 7) is 3.92. The van der Waals surface area contributed by atoms with E-state index in [1.165, 1.54) is 4.31 Å². The fourth-order valence-corrected chi connectivity index (χ4v) is 5.92. The molecule has 1 amide bonds. The fraction of sp³-hybridized carbons (Fsp3) is 0.458. The second-order valence-corrected chi connectivity index (χ2v) is 10.5. The Balaban J connectivity index is 1.51. The summed E-state index contributed by atoms with van der Waals surface area (Å²) in [6.07, 6.45) is 2.81. The van der Waals surface area contributed by atoms with E-state index in [-0.39, 0.29) is 10.8 Å². The van der Waals surface area contributed by atoms with Crippen LogP contribution in [-0.2, 0) is 32.6 Å². The van der Waals surface area contributed by atoms with Crippen LogP contribution >= 0.6 is 0 Å². The van der Waals surface area contributed by atoms with Crippen molar-refractivity contribution in [3.8, 4) is 0 Å². The highest BCUT2D eigenvalue weighted by molar-refractivity contribution is 7.89. The molecule has 1 aromatic heterocycles. The van der Waals surface area contributed by atoms with Crippen LogP contribution in [0.4, 0.5) is 0 Å².